The van der Waals surface area contributed by atoms with Gasteiger partial charge in [-0.2, -0.15) is 5.06 Å². The Morgan fingerprint density at radius 1 is 1.03 bits per heavy atom. The Hall–Kier alpha value is -2.21. The highest BCUT2D eigenvalue weighted by molar-refractivity contribution is 6.31. The van der Waals surface area contributed by atoms with Crippen LogP contribution in [0.5, 0.6) is 0 Å². The number of hydroxylamine groups is 2. The molecule has 0 saturated carbocycles. The molecule has 4 rings (SSSR count). The molecule has 0 bridgehead atoms. The molecule has 1 unspecified atom stereocenters. The molecule has 1 amide bonds. The fourth-order valence-corrected chi connectivity index (χ4v) is 5.25. The Bertz CT molecular complexity index is 929. The zero-order chi connectivity index (χ0) is 20.8. The van der Waals surface area contributed by atoms with Gasteiger partial charge in [0.25, 0.3) is 0 Å². The van der Waals surface area contributed by atoms with E-state index in [4.69, 9.17) is 16.4 Å². The van der Waals surface area contributed by atoms with Crippen LogP contribution >= 0.6 is 11.6 Å². The molecule has 0 aromatic heterocycles. The van der Waals surface area contributed by atoms with Gasteiger partial charge in [-0.15, -0.1) is 0 Å². The van der Waals surface area contributed by atoms with E-state index >= 15 is 0 Å². The molecule has 2 saturated heterocycles. The molecule has 2 aliphatic heterocycles. The summed E-state index contributed by atoms with van der Waals surface area (Å²) in [6.07, 6.45) is 1.09. The molecule has 2 aliphatic rings. The summed E-state index contributed by atoms with van der Waals surface area (Å²) in [5, 5.41) is 2.46. The second kappa shape index (κ2) is 7.56. The van der Waals surface area contributed by atoms with Crippen molar-refractivity contribution in [2.75, 3.05) is 25.1 Å². The largest absolute Gasteiger partial charge is 0.302 e. The number of anilines is 1. The number of Topliss-reactive ketones (excluding diaryl/α,β-unsaturated/α-hetero) is 1. The topological polar surface area (TPSA) is 49.9 Å². The minimum absolute atomic E-state index is 0.0179. The third kappa shape index (κ3) is 3.18. The number of piperidine rings is 1. The van der Waals surface area contributed by atoms with E-state index in [2.05, 4.69) is 0 Å². The van der Waals surface area contributed by atoms with Crippen molar-refractivity contribution in [1.82, 2.24) is 5.06 Å². The Kier molecular flexibility index (Phi) is 5.23. The molecule has 0 radical (unpaired) electrons. The van der Waals surface area contributed by atoms with Crippen LogP contribution in [0.1, 0.15) is 35.4 Å². The van der Waals surface area contributed by atoms with E-state index in [9.17, 15) is 9.59 Å². The number of nitrogens with zero attached hydrogens (tertiary/aromatic N) is 2. The first-order chi connectivity index (χ1) is 13.9. The first kappa shape index (κ1) is 20.1. The van der Waals surface area contributed by atoms with Crippen LogP contribution in [0.15, 0.2) is 42.5 Å². The van der Waals surface area contributed by atoms with Gasteiger partial charge >= 0.3 is 0 Å². The number of benzene rings is 2. The highest BCUT2D eigenvalue weighted by atomic mass is 35.5. The lowest BCUT2D eigenvalue weighted by Gasteiger charge is -2.42. The van der Waals surface area contributed by atoms with Gasteiger partial charge in [-0.25, -0.2) is 0 Å². The van der Waals surface area contributed by atoms with Gasteiger partial charge in [-0.05, 0) is 67.6 Å². The van der Waals surface area contributed by atoms with E-state index in [-0.39, 0.29) is 11.7 Å². The number of para-hydroxylation sites is 1. The molecule has 0 aliphatic carbocycles. The minimum Gasteiger partial charge on any atom is -0.302 e. The molecule has 2 heterocycles. The number of carbonyl (C=O) groups excluding carboxylic acids is 2. The van der Waals surface area contributed by atoms with Gasteiger partial charge in [-0.1, -0.05) is 29.8 Å². The second-order valence-electron chi connectivity index (χ2n) is 7.90. The van der Waals surface area contributed by atoms with Crippen molar-refractivity contribution in [2.45, 2.75) is 38.1 Å². The minimum atomic E-state index is -0.851. The van der Waals surface area contributed by atoms with Crippen LogP contribution in [0.4, 0.5) is 5.69 Å². The molecule has 0 N–H and O–H groups in total. The number of halogens is 1. The number of aryl methyl sites for hydroxylation is 2. The molecular weight excluding hydrogens is 388 g/mol. The standard InChI is InChI=1S/C23H25ClN2O3/c1-15-13-17(24)14-16(2)19(15)20-21(27)23(9-11-25(29-3)12-10-23)26(22(20)28)18-7-5-4-6-8-18/h4-8,13-14,20H,9-12H2,1-3H3. The summed E-state index contributed by atoms with van der Waals surface area (Å²) in [4.78, 5) is 34.8. The summed E-state index contributed by atoms with van der Waals surface area (Å²) >= 11 is 6.20. The van der Waals surface area contributed by atoms with Gasteiger partial charge in [0.1, 0.15) is 11.5 Å². The van der Waals surface area contributed by atoms with E-state index in [1.807, 2.05) is 61.4 Å². The summed E-state index contributed by atoms with van der Waals surface area (Å²) in [5.74, 6) is -0.974. The van der Waals surface area contributed by atoms with Crippen molar-refractivity contribution < 1.29 is 14.4 Å². The van der Waals surface area contributed by atoms with Crippen molar-refractivity contribution in [3.63, 3.8) is 0 Å². The Morgan fingerprint density at radius 2 is 1.62 bits per heavy atom. The fourth-order valence-electron chi connectivity index (χ4n) is 4.92. The lowest BCUT2D eigenvalue weighted by Crippen LogP contribution is -2.56. The van der Waals surface area contributed by atoms with E-state index in [0.717, 1.165) is 22.4 Å². The number of amides is 1. The van der Waals surface area contributed by atoms with Gasteiger partial charge in [0.15, 0.2) is 5.78 Å². The summed E-state index contributed by atoms with van der Waals surface area (Å²) in [6, 6.07) is 13.2. The lowest BCUT2D eigenvalue weighted by molar-refractivity contribution is -0.155. The maximum absolute atomic E-state index is 13.9. The number of carbonyl (C=O) groups is 2. The predicted octanol–water partition coefficient (Wildman–Crippen LogP) is 4.05. The third-order valence-electron chi connectivity index (χ3n) is 6.29. The zero-order valence-electron chi connectivity index (χ0n) is 16.9. The second-order valence-corrected chi connectivity index (χ2v) is 8.34. The third-order valence-corrected chi connectivity index (χ3v) is 6.50. The molecule has 152 valence electrons. The van der Waals surface area contributed by atoms with Crippen LogP contribution in [0.25, 0.3) is 0 Å². The predicted molar refractivity (Wildman–Crippen MR) is 113 cm³/mol. The molecular formula is C23H25ClN2O3. The van der Waals surface area contributed by atoms with Crippen molar-refractivity contribution in [2.24, 2.45) is 0 Å². The molecule has 5 nitrogen and oxygen atoms in total. The van der Waals surface area contributed by atoms with E-state index in [1.165, 1.54) is 0 Å². The van der Waals surface area contributed by atoms with Crippen LogP contribution in [-0.4, -0.2) is 42.5 Å². The number of ketones is 1. The average molecular weight is 413 g/mol. The van der Waals surface area contributed by atoms with Crippen LogP contribution in [0.2, 0.25) is 5.02 Å². The van der Waals surface area contributed by atoms with Crippen molar-refractivity contribution in [1.29, 1.82) is 0 Å². The number of hydrogen-bond acceptors (Lipinski definition) is 4. The van der Waals surface area contributed by atoms with Crippen LogP contribution in [0, 0.1) is 13.8 Å². The first-order valence-corrected chi connectivity index (χ1v) is 10.3. The number of hydrogen-bond donors (Lipinski definition) is 0. The Labute approximate surface area is 176 Å². The Balaban J connectivity index is 1.85. The van der Waals surface area contributed by atoms with Gasteiger partial charge in [0, 0.05) is 23.8 Å². The highest BCUT2D eigenvalue weighted by Crippen LogP contribution is 2.46. The first-order valence-electron chi connectivity index (χ1n) is 9.88. The summed E-state index contributed by atoms with van der Waals surface area (Å²) < 4.78 is 0. The SMILES string of the molecule is CON1CCC2(CC1)C(=O)C(c1c(C)cc(Cl)cc1C)C(=O)N2c1ccccc1. The van der Waals surface area contributed by atoms with Crippen molar-refractivity contribution in [3.8, 4) is 0 Å². The van der Waals surface area contributed by atoms with Gasteiger partial charge in [0.05, 0.1) is 7.11 Å². The molecule has 29 heavy (non-hydrogen) atoms. The van der Waals surface area contributed by atoms with Crippen LogP contribution < -0.4 is 4.90 Å². The quantitative estimate of drug-likeness (QED) is 0.713. The summed E-state index contributed by atoms with van der Waals surface area (Å²) in [5.41, 5.74) is 2.46. The molecule has 1 spiro atoms. The molecule has 2 aromatic rings. The normalized spacial score (nSPS) is 21.9. The molecule has 1 atom stereocenters. The van der Waals surface area contributed by atoms with E-state index < -0.39 is 11.5 Å². The smallest absolute Gasteiger partial charge is 0.243 e. The van der Waals surface area contributed by atoms with Gasteiger partial charge in [0.2, 0.25) is 5.91 Å². The van der Waals surface area contributed by atoms with Gasteiger partial charge in [-0.3, -0.25) is 14.5 Å². The number of rotatable bonds is 3. The van der Waals surface area contributed by atoms with E-state index in [1.54, 1.807) is 12.0 Å². The van der Waals surface area contributed by atoms with Crippen LogP contribution in [0.3, 0.4) is 0 Å². The Morgan fingerprint density at radius 3 is 2.17 bits per heavy atom. The van der Waals surface area contributed by atoms with Crippen molar-refractivity contribution >= 4 is 29.0 Å². The van der Waals surface area contributed by atoms with Crippen molar-refractivity contribution in [3.05, 3.63) is 64.2 Å². The fraction of sp³-hybridized carbons (Fsp3) is 0.391. The van der Waals surface area contributed by atoms with Gasteiger partial charge < -0.3 is 4.84 Å². The monoisotopic (exact) mass is 412 g/mol. The maximum Gasteiger partial charge on any atom is 0.243 e. The summed E-state index contributed by atoms with van der Waals surface area (Å²) in [6.45, 7) is 5.04. The zero-order valence-corrected chi connectivity index (χ0v) is 17.7. The molecule has 2 fully saturated rings. The van der Waals surface area contributed by atoms with Crippen LogP contribution in [-0.2, 0) is 14.4 Å². The van der Waals surface area contributed by atoms with E-state index in [0.29, 0.717) is 31.0 Å². The average Bonchev–Trinajstić information content (AvgIpc) is 2.90. The maximum atomic E-state index is 13.9. The summed E-state index contributed by atoms with van der Waals surface area (Å²) in [7, 11) is 1.64. The molecule has 2 aromatic carbocycles. The lowest BCUT2D eigenvalue weighted by atomic mass is 9.78. The molecule has 6 heteroatoms. The highest BCUT2D eigenvalue weighted by Gasteiger charge is 2.60.